The zero-order valence-electron chi connectivity index (χ0n) is 11.4. The van der Waals surface area contributed by atoms with Crippen molar-refractivity contribution < 1.29 is 17.8 Å². The summed E-state index contributed by atoms with van der Waals surface area (Å²) in [4.78, 5) is 15.0. The molecule has 0 unspecified atom stereocenters. The van der Waals surface area contributed by atoms with Gasteiger partial charge in [-0.15, -0.1) is 0 Å². The highest BCUT2D eigenvalue weighted by Crippen LogP contribution is 1.96. The van der Waals surface area contributed by atoms with E-state index in [0.29, 0.717) is 26.1 Å². The molecule has 1 N–H and O–H groups in total. The van der Waals surface area contributed by atoms with Gasteiger partial charge in [0.15, 0.2) is 0 Å². The Labute approximate surface area is 110 Å². The lowest BCUT2D eigenvalue weighted by Crippen LogP contribution is -2.37. The van der Waals surface area contributed by atoms with E-state index in [1.165, 1.54) is 0 Å². The van der Waals surface area contributed by atoms with Crippen molar-refractivity contribution in [3.05, 3.63) is 0 Å². The smallest absolute Gasteiger partial charge is 0.264 e. The molecule has 0 aromatic rings. The fourth-order valence-corrected chi connectivity index (χ4v) is 2.11. The highest BCUT2D eigenvalue weighted by Gasteiger charge is 2.09. The molecule has 0 spiro atoms. The minimum Gasteiger partial charge on any atom is -0.342 e. The monoisotopic (exact) mass is 280 g/mol. The Morgan fingerprint density at radius 3 is 2.22 bits per heavy atom. The van der Waals surface area contributed by atoms with E-state index in [2.05, 4.69) is 0 Å². The van der Waals surface area contributed by atoms with Gasteiger partial charge in [0.2, 0.25) is 5.91 Å². The number of likely N-dealkylation sites (N-methyl/N-ethyl adjacent to an activating group) is 1. The molecule has 0 rings (SSSR count). The molecular formula is C11H24N2O4S. The summed E-state index contributed by atoms with van der Waals surface area (Å²) in [5.74, 6) is -0.161. The van der Waals surface area contributed by atoms with E-state index >= 15 is 0 Å². The SMILES string of the molecule is CCCN(CCN(C)CCCS(=O)(=O)O)C(C)=O. The Balaban J connectivity index is 3.87. The van der Waals surface area contributed by atoms with Crippen LogP contribution in [-0.2, 0) is 14.9 Å². The van der Waals surface area contributed by atoms with Crippen molar-refractivity contribution >= 4 is 16.0 Å². The first-order chi connectivity index (χ1) is 8.26. The van der Waals surface area contributed by atoms with E-state index in [1.807, 2.05) is 18.9 Å². The second-order valence-electron chi connectivity index (χ2n) is 4.45. The molecule has 0 aliphatic rings. The molecule has 6 nitrogen and oxygen atoms in total. The van der Waals surface area contributed by atoms with E-state index in [0.717, 1.165) is 13.0 Å². The maximum atomic E-state index is 11.3. The van der Waals surface area contributed by atoms with Crippen LogP contribution in [0.1, 0.15) is 26.7 Å². The van der Waals surface area contributed by atoms with Gasteiger partial charge in [-0.2, -0.15) is 8.42 Å². The Hall–Kier alpha value is -0.660. The van der Waals surface area contributed by atoms with Gasteiger partial charge in [-0.25, -0.2) is 0 Å². The summed E-state index contributed by atoms with van der Waals surface area (Å²) in [6, 6.07) is 0. The normalized spacial score (nSPS) is 11.8. The number of amides is 1. The Morgan fingerprint density at radius 2 is 1.78 bits per heavy atom. The molecule has 7 heteroatoms. The number of rotatable bonds is 9. The summed E-state index contributed by atoms with van der Waals surface area (Å²) in [6.07, 6.45) is 1.31. The molecule has 0 aromatic heterocycles. The Kier molecular flexibility index (Phi) is 8.13. The minimum atomic E-state index is -3.86. The van der Waals surface area contributed by atoms with E-state index in [4.69, 9.17) is 4.55 Å². The standard InChI is InChI=1S/C11H24N2O4S/c1-4-6-13(11(2)14)9-8-12(3)7-5-10-18(15,16)17/h4-10H2,1-3H3,(H,15,16,17). The summed E-state index contributed by atoms with van der Waals surface area (Å²) in [5.41, 5.74) is 0. The molecule has 0 bridgehead atoms. The maximum absolute atomic E-state index is 11.3. The minimum absolute atomic E-state index is 0.0585. The highest BCUT2D eigenvalue weighted by atomic mass is 32.2. The summed E-state index contributed by atoms with van der Waals surface area (Å²) in [7, 11) is -2.00. The van der Waals surface area contributed by atoms with Gasteiger partial charge in [0.25, 0.3) is 10.1 Å². The zero-order chi connectivity index (χ0) is 14.2. The van der Waals surface area contributed by atoms with Crippen molar-refractivity contribution in [2.45, 2.75) is 26.7 Å². The molecule has 0 saturated heterocycles. The van der Waals surface area contributed by atoms with Crippen molar-refractivity contribution in [1.29, 1.82) is 0 Å². The van der Waals surface area contributed by atoms with E-state index in [9.17, 15) is 13.2 Å². The van der Waals surface area contributed by atoms with Crippen LogP contribution < -0.4 is 0 Å². The topological polar surface area (TPSA) is 77.9 Å². The largest absolute Gasteiger partial charge is 0.342 e. The van der Waals surface area contributed by atoms with Crippen LogP contribution in [0.2, 0.25) is 0 Å². The maximum Gasteiger partial charge on any atom is 0.264 e. The quantitative estimate of drug-likeness (QED) is 0.621. The Bertz CT molecular complexity index is 343. The van der Waals surface area contributed by atoms with Crippen LogP contribution >= 0.6 is 0 Å². The van der Waals surface area contributed by atoms with Crippen LogP contribution in [-0.4, -0.2) is 67.7 Å². The highest BCUT2D eigenvalue weighted by molar-refractivity contribution is 7.85. The lowest BCUT2D eigenvalue weighted by atomic mass is 10.3. The lowest BCUT2D eigenvalue weighted by molar-refractivity contribution is -0.129. The third-order valence-electron chi connectivity index (χ3n) is 2.63. The zero-order valence-corrected chi connectivity index (χ0v) is 12.2. The van der Waals surface area contributed by atoms with Crippen LogP contribution in [0.4, 0.5) is 0 Å². The van der Waals surface area contributed by atoms with Crippen LogP contribution in [0, 0.1) is 0 Å². The van der Waals surface area contributed by atoms with Crippen molar-refractivity contribution in [3.8, 4) is 0 Å². The van der Waals surface area contributed by atoms with Gasteiger partial charge in [0.05, 0.1) is 5.75 Å². The fourth-order valence-electron chi connectivity index (χ4n) is 1.62. The van der Waals surface area contributed by atoms with Crippen molar-refractivity contribution in [2.75, 3.05) is 39.0 Å². The molecule has 108 valence electrons. The molecule has 0 saturated carbocycles. The second-order valence-corrected chi connectivity index (χ2v) is 6.02. The number of carbonyl (C=O) groups is 1. The van der Waals surface area contributed by atoms with Crippen LogP contribution in [0.3, 0.4) is 0 Å². The molecule has 0 fully saturated rings. The Morgan fingerprint density at radius 1 is 1.17 bits per heavy atom. The molecule has 0 aliphatic heterocycles. The summed E-state index contributed by atoms with van der Waals surface area (Å²) in [5, 5.41) is 0. The third kappa shape index (κ3) is 9.38. The van der Waals surface area contributed by atoms with Crippen molar-refractivity contribution in [2.24, 2.45) is 0 Å². The van der Waals surface area contributed by atoms with Crippen molar-refractivity contribution in [1.82, 2.24) is 9.80 Å². The number of carbonyl (C=O) groups excluding carboxylic acids is 1. The molecule has 0 atom stereocenters. The van der Waals surface area contributed by atoms with Crippen LogP contribution in [0.5, 0.6) is 0 Å². The first-order valence-corrected chi connectivity index (χ1v) is 7.76. The summed E-state index contributed by atoms with van der Waals surface area (Å²) >= 11 is 0. The first-order valence-electron chi connectivity index (χ1n) is 6.15. The second kappa shape index (κ2) is 8.44. The molecule has 0 aromatic carbocycles. The molecule has 0 radical (unpaired) electrons. The molecular weight excluding hydrogens is 256 g/mol. The van der Waals surface area contributed by atoms with E-state index < -0.39 is 10.1 Å². The summed E-state index contributed by atoms with van der Waals surface area (Å²) in [6.45, 7) is 6.24. The number of hydrogen-bond donors (Lipinski definition) is 1. The van der Waals surface area contributed by atoms with Crippen LogP contribution in [0.25, 0.3) is 0 Å². The van der Waals surface area contributed by atoms with Gasteiger partial charge in [-0.05, 0) is 26.4 Å². The van der Waals surface area contributed by atoms with Gasteiger partial charge in [-0.3, -0.25) is 9.35 Å². The average Bonchev–Trinajstić information content (AvgIpc) is 2.21. The van der Waals surface area contributed by atoms with Gasteiger partial charge < -0.3 is 9.80 Å². The van der Waals surface area contributed by atoms with E-state index in [1.54, 1.807) is 11.8 Å². The van der Waals surface area contributed by atoms with Crippen LogP contribution in [0.15, 0.2) is 0 Å². The molecule has 1 amide bonds. The predicted molar refractivity (Wildman–Crippen MR) is 71.1 cm³/mol. The van der Waals surface area contributed by atoms with E-state index in [-0.39, 0.29) is 11.7 Å². The third-order valence-corrected chi connectivity index (χ3v) is 3.44. The molecule has 0 aliphatic carbocycles. The average molecular weight is 280 g/mol. The van der Waals surface area contributed by atoms with Gasteiger partial charge in [0.1, 0.15) is 0 Å². The van der Waals surface area contributed by atoms with Gasteiger partial charge in [-0.1, -0.05) is 6.92 Å². The van der Waals surface area contributed by atoms with Gasteiger partial charge >= 0.3 is 0 Å². The fraction of sp³-hybridized carbons (Fsp3) is 0.909. The molecule has 0 heterocycles. The van der Waals surface area contributed by atoms with Gasteiger partial charge in [0, 0.05) is 26.6 Å². The molecule has 18 heavy (non-hydrogen) atoms. The summed E-state index contributed by atoms with van der Waals surface area (Å²) < 4.78 is 29.7. The number of nitrogens with zero attached hydrogens (tertiary/aromatic N) is 2. The van der Waals surface area contributed by atoms with Crippen molar-refractivity contribution in [3.63, 3.8) is 0 Å². The first kappa shape index (κ1) is 17.3. The number of hydrogen-bond acceptors (Lipinski definition) is 4. The lowest BCUT2D eigenvalue weighted by Gasteiger charge is -2.24. The predicted octanol–water partition coefficient (Wildman–Crippen LogP) is 0.455.